The molecular formula is C13H16F2N2O. The molecule has 1 amide bonds. The van der Waals surface area contributed by atoms with Crippen LogP contribution in [0.5, 0.6) is 0 Å². The van der Waals surface area contributed by atoms with Crippen LogP contribution in [0.15, 0.2) is 18.2 Å². The van der Waals surface area contributed by atoms with Crippen molar-refractivity contribution in [2.24, 2.45) is 11.7 Å². The summed E-state index contributed by atoms with van der Waals surface area (Å²) in [5.74, 6) is -1.45. The topological polar surface area (TPSA) is 55.1 Å². The molecule has 2 atom stereocenters. The zero-order chi connectivity index (χ0) is 13.1. The molecule has 0 aliphatic heterocycles. The van der Waals surface area contributed by atoms with Crippen LogP contribution in [-0.4, -0.2) is 11.9 Å². The molecule has 3 N–H and O–H groups in total. The third-order valence-electron chi connectivity index (χ3n) is 3.31. The Labute approximate surface area is 104 Å². The fraction of sp³-hybridized carbons (Fsp3) is 0.462. The molecule has 1 aromatic rings. The van der Waals surface area contributed by atoms with Crippen molar-refractivity contribution in [1.82, 2.24) is 5.32 Å². The number of halogens is 2. The van der Waals surface area contributed by atoms with E-state index in [1.165, 1.54) is 12.1 Å². The highest BCUT2D eigenvalue weighted by Gasteiger charge is 2.27. The summed E-state index contributed by atoms with van der Waals surface area (Å²) in [6.07, 6.45) is 2.31. The van der Waals surface area contributed by atoms with E-state index in [9.17, 15) is 13.6 Å². The van der Waals surface area contributed by atoms with Crippen LogP contribution in [0.25, 0.3) is 0 Å². The Morgan fingerprint density at radius 3 is 2.78 bits per heavy atom. The van der Waals surface area contributed by atoms with Gasteiger partial charge in [-0.25, -0.2) is 8.78 Å². The highest BCUT2D eigenvalue weighted by atomic mass is 19.1. The number of hydrogen-bond acceptors (Lipinski definition) is 2. The maximum absolute atomic E-state index is 13.3. The highest BCUT2D eigenvalue weighted by Crippen LogP contribution is 2.24. The van der Waals surface area contributed by atoms with Crippen molar-refractivity contribution in [3.05, 3.63) is 35.4 Å². The number of rotatable bonds is 3. The molecule has 0 bridgehead atoms. The van der Waals surface area contributed by atoms with Crippen molar-refractivity contribution < 1.29 is 13.6 Å². The Hall–Kier alpha value is -1.49. The second-order valence-corrected chi connectivity index (χ2v) is 4.72. The Bertz CT molecular complexity index is 451. The first-order valence-electron chi connectivity index (χ1n) is 6.03. The fourth-order valence-electron chi connectivity index (χ4n) is 2.25. The molecule has 0 heterocycles. The number of carbonyl (C=O) groups excluding carboxylic acids is 1. The third-order valence-corrected chi connectivity index (χ3v) is 3.31. The normalized spacial score (nSPS) is 23.1. The molecular weight excluding hydrogens is 238 g/mol. The molecule has 2 rings (SSSR count). The molecule has 5 heteroatoms. The van der Waals surface area contributed by atoms with Crippen molar-refractivity contribution >= 4 is 5.91 Å². The lowest BCUT2D eigenvalue weighted by atomic mass is 10.1. The third kappa shape index (κ3) is 3.04. The standard InChI is InChI=1S/C13H16F2N2O/c14-10-3-1-9(12(15)6-10)7-17-13(18)8-2-4-11(16)5-8/h1,3,6,8,11H,2,4-5,7,16H2,(H,17,18). The van der Waals surface area contributed by atoms with Gasteiger partial charge < -0.3 is 11.1 Å². The number of amides is 1. The number of benzene rings is 1. The Morgan fingerprint density at radius 2 is 2.17 bits per heavy atom. The summed E-state index contributed by atoms with van der Waals surface area (Å²) in [5.41, 5.74) is 6.01. The summed E-state index contributed by atoms with van der Waals surface area (Å²) in [7, 11) is 0. The van der Waals surface area contributed by atoms with Crippen LogP contribution < -0.4 is 11.1 Å². The van der Waals surface area contributed by atoms with Gasteiger partial charge in [-0.2, -0.15) is 0 Å². The Kier molecular flexibility index (Phi) is 3.91. The van der Waals surface area contributed by atoms with E-state index in [0.717, 1.165) is 18.9 Å². The number of nitrogens with two attached hydrogens (primary N) is 1. The molecule has 1 saturated carbocycles. The first kappa shape index (κ1) is 13.0. The second-order valence-electron chi connectivity index (χ2n) is 4.72. The summed E-state index contributed by atoms with van der Waals surface area (Å²) in [5, 5.41) is 2.66. The molecule has 1 fully saturated rings. The van der Waals surface area contributed by atoms with E-state index in [1.807, 2.05) is 0 Å². The van der Waals surface area contributed by atoms with Gasteiger partial charge in [0.2, 0.25) is 5.91 Å². The maximum atomic E-state index is 13.3. The zero-order valence-corrected chi connectivity index (χ0v) is 9.96. The molecule has 0 spiro atoms. The van der Waals surface area contributed by atoms with Crippen LogP contribution in [0.2, 0.25) is 0 Å². The molecule has 1 aliphatic carbocycles. The van der Waals surface area contributed by atoms with Gasteiger partial charge in [-0.1, -0.05) is 6.07 Å². The van der Waals surface area contributed by atoms with E-state index in [1.54, 1.807) is 0 Å². The summed E-state index contributed by atoms with van der Waals surface area (Å²) in [6, 6.07) is 3.41. The lowest BCUT2D eigenvalue weighted by molar-refractivity contribution is -0.125. The molecule has 98 valence electrons. The molecule has 0 saturated heterocycles. The van der Waals surface area contributed by atoms with Gasteiger partial charge in [-0.15, -0.1) is 0 Å². The monoisotopic (exact) mass is 254 g/mol. The molecule has 1 aromatic carbocycles. The second kappa shape index (κ2) is 5.44. The number of nitrogens with one attached hydrogen (secondary N) is 1. The maximum Gasteiger partial charge on any atom is 0.223 e. The average Bonchev–Trinajstić information content (AvgIpc) is 2.74. The Morgan fingerprint density at radius 1 is 1.39 bits per heavy atom. The van der Waals surface area contributed by atoms with Gasteiger partial charge in [0.25, 0.3) is 0 Å². The molecule has 0 aromatic heterocycles. The van der Waals surface area contributed by atoms with E-state index in [2.05, 4.69) is 5.32 Å². The predicted octanol–water partition coefficient (Wildman–Crippen LogP) is 1.71. The lowest BCUT2D eigenvalue weighted by Gasteiger charge is -2.11. The van der Waals surface area contributed by atoms with Crippen molar-refractivity contribution in [2.75, 3.05) is 0 Å². The van der Waals surface area contributed by atoms with Gasteiger partial charge in [-0.05, 0) is 25.3 Å². The minimum absolute atomic E-state index is 0.0800. The minimum Gasteiger partial charge on any atom is -0.352 e. The van der Waals surface area contributed by atoms with E-state index in [-0.39, 0.29) is 30.0 Å². The number of hydrogen-bond donors (Lipinski definition) is 2. The first-order valence-corrected chi connectivity index (χ1v) is 6.03. The van der Waals surface area contributed by atoms with Gasteiger partial charge in [0.05, 0.1) is 0 Å². The number of carbonyl (C=O) groups is 1. The molecule has 3 nitrogen and oxygen atoms in total. The lowest BCUT2D eigenvalue weighted by Crippen LogP contribution is -2.30. The summed E-state index contributed by atoms with van der Waals surface area (Å²) in [4.78, 5) is 11.8. The molecule has 0 radical (unpaired) electrons. The zero-order valence-electron chi connectivity index (χ0n) is 9.96. The molecule has 2 unspecified atom stereocenters. The van der Waals surface area contributed by atoms with E-state index >= 15 is 0 Å². The van der Waals surface area contributed by atoms with Crippen molar-refractivity contribution in [3.63, 3.8) is 0 Å². The fourth-order valence-corrected chi connectivity index (χ4v) is 2.25. The van der Waals surface area contributed by atoms with Gasteiger partial charge in [-0.3, -0.25) is 4.79 Å². The predicted molar refractivity (Wildman–Crippen MR) is 63.5 cm³/mol. The van der Waals surface area contributed by atoms with Crippen molar-refractivity contribution in [2.45, 2.75) is 31.8 Å². The van der Waals surface area contributed by atoms with Crippen LogP contribution in [0.1, 0.15) is 24.8 Å². The van der Waals surface area contributed by atoms with Crippen molar-refractivity contribution in [1.29, 1.82) is 0 Å². The minimum atomic E-state index is -0.640. The van der Waals surface area contributed by atoms with E-state index in [4.69, 9.17) is 5.73 Å². The quantitative estimate of drug-likeness (QED) is 0.862. The van der Waals surface area contributed by atoms with Gasteiger partial charge in [0, 0.05) is 30.1 Å². The summed E-state index contributed by atoms with van der Waals surface area (Å²) >= 11 is 0. The smallest absolute Gasteiger partial charge is 0.223 e. The first-order chi connectivity index (χ1) is 8.56. The Balaban J connectivity index is 1.89. The van der Waals surface area contributed by atoms with Crippen LogP contribution in [0.3, 0.4) is 0 Å². The molecule has 1 aliphatic rings. The highest BCUT2D eigenvalue weighted by molar-refractivity contribution is 5.79. The van der Waals surface area contributed by atoms with E-state index < -0.39 is 11.6 Å². The van der Waals surface area contributed by atoms with E-state index in [0.29, 0.717) is 6.42 Å². The SMILES string of the molecule is NC1CCC(C(=O)NCc2ccc(F)cc2F)C1. The van der Waals surface area contributed by atoms with Crippen LogP contribution in [0, 0.1) is 17.6 Å². The average molecular weight is 254 g/mol. The van der Waals surface area contributed by atoms with Crippen LogP contribution in [0.4, 0.5) is 8.78 Å². The van der Waals surface area contributed by atoms with Gasteiger partial charge in [0.15, 0.2) is 0 Å². The summed E-state index contributed by atoms with van der Waals surface area (Å²) in [6.45, 7) is 0.0800. The largest absolute Gasteiger partial charge is 0.352 e. The van der Waals surface area contributed by atoms with Crippen LogP contribution >= 0.6 is 0 Å². The van der Waals surface area contributed by atoms with Gasteiger partial charge >= 0.3 is 0 Å². The molecule has 18 heavy (non-hydrogen) atoms. The van der Waals surface area contributed by atoms with Crippen LogP contribution in [-0.2, 0) is 11.3 Å². The summed E-state index contributed by atoms with van der Waals surface area (Å²) < 4.78 is 26.0. The van der Waals surface area contributed by atoms with Gasteiger partial charge in [0.1, 0.15) is 11.6 Å². The van der Waals surface area contributed by atoms with Crippen molar-refractivity contribution in [3.8, 4) is 0 Å².